The zero-order valence-electron chi connectivity index (χ0n) is 10.6. The van der Waals surface area contributed by atoms with Gasteiger partial charge in [-0.25, -0.2) is 0 Å². The van der Waals surface area contributed by atoms with E-state index in [1.807, 2.05) is 13.2 Å². The summed E-state index contributed by atoms with van der Waals surface area (Å²) in [6.07, 6.45) is 2.92. The van der Waals surface area contributed by atoms with Crippen LogP contribution in [0.15, 0.2) is 36.7 Å². The van der Waals surface area contributed by atoms with Crippen molar-refractivity contribution in [1.29, 1.82) is 0 Å². The van der Waals surface area contributed by atoms with Crippen LogP contribution in [-0.2, 0) is 7.05 Å². The predicted molar refractivity (Wildman–Crippen MR) is 74.7 cm³/mol. The summed E-state index contributed by atoms with van der Waals surface area (Å²) in [5, 5.41) is 17.5. The Morgan fingerprint density at radius 1 is 1.53 bits per heavy atom. The molecule has 1 heterocycles. The molecule has 1 unspecified atom stereocenters. The molecule has 0 aliphatic heterocycles. The van der Waals surface area contributed by atoms with E-state index in [0.29, 0.717) is 17.3 Å². The van der Waals surface area contributed by atoms with Gasteiger partial charge in [0.1, 0.15) is 18.5 Å². The van der Waals surface area contributed by atoms with Crippen LogP contribution in [0, 0.1) is 0 Å². The van der Waals surface area contributed by atoms with Crippen LogP contribution < -0.4 is 10.1 Å². The van der Waals surface area contributed by atoms with Crippen molar-refractivity contribution in [3.8, 4) is 5.75 Å². The number of ether oxygens (including phenoxy) is 1. The fraction of sp³-hybridized carbons (Fsp3) is 0.308. The molecule has 2 N–H and O–H groups in total. The maximum absolute atomic E-state index is 9.80. The van der Waals surface area contributed by atoms with Gasteiger partial charge in [0.15, 0.2) is 0 Å². The number of aryl methyl sites for hydroxylation is 1. The van der Waals surface area contributed by atoms with Gasteiger partial charge in [-0.1, -0.05) is 17.7 Å². The smallest absolute Gasteiger partial charge is 0.120 e. The quantitative estimate of drug-likeness (QED) is 0.849. The van der Waals surface area contributed by atoms with E-state index >= 15 is 0 Å². The average Bonchev–Trinajstić information content (AvgIpc) is 2.80. The SMILES string of the molecule is Cn1cc(NCC(O)COc2cccc(Cl)c2)cn1. The lowest BCUT2D eigenvalue weighted by atomic mass is 10.3. The fourth-order valence-corrected chi connectivity index (χ4v) is 1.74. The van der Waals surface area contributed by atoms with Crippen molar-refractivity contribution < 1.29 is 9.84 Å². The Morgan fingerprint density at radius 3 is 3.05 bits per heavy atom. The molecule has 0 radical (unpaired) electrons. The van der Waals surface area contributed by atoms with E-state index < -0.39 is 6.10 Å². The molecule has 0 amide bonds. The van der Waals surface area contributed by atoms with Crippen LogP contribution in [0.3, 0.4) is 0 Å². The minimum absolute atomic E-state index is 0.202. The Morgan fingerprint density at radius 2 is 2.37 bits per heavy atom. The molecule has 1 atom stereocenters. The first kappa shape index (κ1) is 13.7. The molecule has 1 aromatic heterocycles. The Labute approximate surface area is 116 Å². The summed E-state index contributed by atoms with van der Waals surface area (Å²) in [7, 11) is 1.84. The summed E-state index contributed by atoms with van der Waals surface area (Å²) in [5.41, 5.74) is 0.865. The number of hydrogen-bond donors (Lipinski definition) is 2. The molecule has 2 aromatic rings. The standard InChI is InChI=1S/C13H16ClN3O2/c1-17-8-11(6-16-17)15-7-12(18)9-19-13-4-2-3-10(14)5-13/h2-6,8,12,15,18H,7,9H2,1H3. The van der Waals surface area contributed by atoms with Crippen molar-refractivity contribution in [3.63, 3.8) is 0 Å². The van der Waals surface area contributed by atoms with E-state index in [2.05, 4.69) is 10.4 Å². The van der Waals surface area contributed by atoms with E-state index in [9.17, 15) is 5.11 Å². The minimum atomic E-state index is -0.612. The molecular formula is C13H16ClN3O2. The number of benzene rings is 1. The summed E-state index contributed by atoms with van der Waals surface area (Å²) in [6, 6.07) is 7.09. The molecule has 0 aliphatic carbocycles. The predicted octanol–water partition coefficient (Wildman–Crippen LogP) is 1.93. The summed E-state index contributed by atoms with van der Waals surface area (Å²) < 4.78 is 7.14. The highest BCUT2D eigenvalue weighted by molar-refractivity contribution is 6.30. The van der Waals surface area contributed by atoms with Crippen molar-refractivity contribution >= 4 is 17.3 Å². The summed E-state index contributed by atoms with van der Waals surface area (Å²) in [4.78, 5) is 0. The molecule has 0 saturated heterocycles. The number of aromatic nitrogens is 2. The number of aliphatic hydroxyl groups is 1. The third kappa shape index (κ3) is 4.46. The van der Waals surface area contributed by atoms with Gasteiger partial charge >= 0.3 is 0 Å². The first-order chi connectivity index (χ1) is 9.13. The third-order valence-electron chi connectivity index (χ3n) is 2.49. The van der Waals surface area contributed by atoms with Crippen molar-refractivity contribution in [2.45, 2.75) is 6.10 Å². The normalized spacial score (nSPS) is 12.2. The van der Waals surface area contributed by atoms with Crippen molar-refractivity contribution in [3.05, 3.63) is 41.7 Å². The van der Waals surface area contributed by atoms with Crippen LogP contribution in [0.2, 0.25) is 5.02 Å². The Kier molecular flexibility index (Phi) is 4.65. The summed E-state index contributed by atoms with van der Waals surface area (Å²) in [5.74, 6) is 0.646. The van der Waals surface area contributed by atoms with Gasteiger partial charge in [0.05, 0.1) is 11.9 Å². The largest absolute Gasteiger partial charge is 0.491 e. The molecule has 0 aliphatic rings. The van der Waals surface area contributed by atoms with Crippen LogP contribution in [-0.4, -0.2) is 34.1 Å². The zero-order chi connectivity index (χ0) is 13.7. The maximum Gasteiger partial charge on any atom is 0.120 e. The first-order valence-electron chi connectivity index (χ1n) is 5.92. The van der Waals surface area contributed by atoms with Crippen molar-refractivity contribution in [2.24, 2.45) is 7.05 Å². The second kappa shape index (κ2) is 6.45. The molecule has 0 spiro atoms. The lowest BCUT2D eigenvalue weighted by Crippen LogP contribution is -2.26. The van der Waals surface area contributed by atoms with E-state index in [-0.39, 0.29) is 6.61 Å². The molecule has 2 rings (SSSR count). The molecule has 0 fully saturated rings. The highest BCUT2D eigenvalue weighted by Crippen LogP contribution is 2.17. The van der Waals surface area contributed by atoms with E-state index in [4.69, 9.17) is 16.3 Å². The van der Waals surface area contributed by atoms with Crippen LogP contribution in [0.25, 0.3) is 0 Å². The average molecular weight is 282 g/mol. The maximum atomic E-state index is 9.80. The fourth-order valence-electron chi connectivity index (χ4n) is 1.56. The molecule has 19 heavy (non-hydrogen) atoms. The molecule has 5 nitrogen and oxygen atoms in total. The lowest BCUT2D eigenvalue weighted by molar-refractivity contribution is 0.117. The number of rotatable bonds is 6. The molecule has 6 heteroatoms. The molecule has 1 aromatic carbocycles. The highest BCUT2D eigenvalue weighted by atomic mass is 35.5. The number of anilines is 1. The van der Waals surface area contributed by atoms with E-state index in [1.165, 1.54) is 0 Å². The Hall–Kier alpha value is -1.72. The van der Waals surface area contributed by atoms with Gasteiger partial charge in [0.25, 0.3) is 0 Å². The molecule has 102 valence electrons. The minimum Gasteiger partial charge on any atom is -0.491 e. The van der Waals surface area contributed by atoms with Gasteiger partial charge in [-0.05, 0) is 18.2 Å². The third-order valence-corrected chi connectivity index (χ3v) is 2.72. The van der Waals surface area contributed by atoms with E-state index in [0.717, 1.165) is 5.69 Å². The van der Waals surface area contributed by atoms with Gasteiger partial charge < -0.3 is 15.2 Å². The molecular weight excluding hydrogens is 266 g/mol. The highest BCUT2D eigenvalue weighted by Gasteiger charge is 2.06. The summed E-state index contributed by atoms with van der Waals surface area (Å²) >= 11 is 5.84. The molecule has 0 saturated carbocycles. The number of nitrogens with one attached hydrogen (secondary N) is 1. The lowest BCUT2D eigenvalue weighted by Gasteiger charge is -2.13. The van der Waals surface area contributed by atoms with Crippen LogP contribution in [0.4, 0.5) is 5.69 Å². The Balaban J connectivity index is 1.74. The van der Waals surface area contributed by atoms with Crippen LogP contribution in [0.1, 0.15) is 0 Å². The summed E-state index contributed by atoms with van der Waals surface area (Å²) in [6.45, 7) is 0.597. The molecule has 0 bridgehead atoms. The van der Waals surface area contributed by atoms with Crippen LogP contribution in [0.5, 0.6) is 5.75 Å². The van der Waals surface area contributed by atoms with Gasteiger partial charge in [0.2, 0.25) is 0 Å². The van der Waals surface area contributed by atoms with Crippen molar-refractivity contribution in [2.75, 3.05) is 18.5 Å². The van der Waals surface area contributed by atoms with Crippen molar-refractivity contribution in [1.82, 2.24) is 9.78 Å². The van der Waals surface area contributed by atoms with Gasteiger partial charge in [-0.15, -0.1) is 0 Å². The number of halogens is 1. The van der Waals surface area contributed by atoms with E-state index in [1.54, 1.807) is 35.1 Å². The zero-order valence-corrected chi connectivity index (χ0v) is 11.3. The number of nitrogens with zero attached hydrogens (tertiary/aromatic N) is 2. The van der Waals surface area contributed by atoms with Crippen LogP contribution >= 0.6 is 11.6 Å². The van der Waals surface area contributed by atoms with Gasteiger partial charge in [-0.2, -0.15) is 5.10 Å². The van der Waals surface area contributed by atoms with Gasteiger partial charge in [0, 0.05) is 24.8 Å². The monoisotopic (exact) mass is 281 g/mol. The second-order valence-corrected chi connectivity index (χ2v) is 4.64. The second-order valence-electron chi connectivity index (χ2n) is 4.21. The Bertz CT molecular complexity index is 530. The topological polar surface area (TPSA) is 59.3 Å². The first-order valence-corrected chi connectivity index (χ1v) is 6.30. The van der Waals surface area contributed by atoms with Gasteiger partial charge in [-0.3, -0.25) is 4.68 Å². The number of hydrogen-bond acceptors (Lipinski definition) is 4. The number of aliphatic hydroxyl groups excluding tert-OH is 1.